The molecule has 29 heavy (non-hydrogen) atoms. The Bertz CT molecular complexity index is 1000. The molecule has 1 atom stereocenters. The molecule has 1 N–H and O–H groups in total. The molecule has 2 aliphatic heterocycles. The van der Waals surface area contributed by atoms with E-state index in [4.69, 9.17) is 14.5 Å². The fourth-order valence-corrected chi connectivity index (χ4v) is 4.93. The predicted octanol–water partition coefficient (Wildman–Crippen LogP) is 3.60. The summed E-state index contributed by atoms with van der Waals surface area (Å²) in [5.74, 6) is 1.71. The highest BCUT2D eigenvalue weighted by molar-refractivity contribution is 7.22. The second kappa shape index (κ2) is 7.91. The summed E-state index contributed by atoms with van der Waals surface area (Å²) in [7, 11) is 0. The quantitative estimate of drug-likeness (QED) is 0.698. The normalized spacial score (nSPS) is 18.2. The first kappa shape index (κ1) is 18.2. The van der Waals surface area contributed by atoms with Gasteiger partial charge in [0.05, 0.1) is 16.1 Å². The number of carbonyl (C=O) groups excluding carboxylic acids is 1. The summed E-state index contributed by atoms with van der Waals surface area (Å²) in [6, 6.07) is 14.1. The number of amides is 1. The lowest BCUT2D eigenvalue weighted by molar-refractivity contribution is -0.125. The third kappa shape index (κ3) is 3.87. The van der Waals surface area contributed by atoms with Crippen molar-refractivity contribution >= 4 is 32.6 Å². The van der Waals surface area contributed by atoms with Crippen molar-refractivity contribution < 1.29 is 14.3 Å². The van der Waals surface area contributed by atoms with E-state index >= 15 is 0 Å². The van der Waals surface area contributed by atoms with E-state index in [0.717, 1.165) is 60.1 Å². The van der Waals surface area contributed by atoms with E-state index in [-0.39, 0.29) is 18.6 Å². The van der Waals surface area contributed by atoms with Gasteiger partial charge in [-0.15, -0.1) is 0 Å². The fraction of sp³-hybridized carbons (Fsp3) is 0.364. The Balaban J connectivity index is 1.16. The van der Waals surface area contributed by atoms with Gasteiger partial charge < -0.3 is 19.7 Å². The van der Waals surface area contributed by atoms with Crippen molar-refractivity contribution in [2.24, 2.45) is 5.92 Å². The molecule has 3 aromatic rings. The highest BCUT2D eigenvalue weighted by Crippen LogP contribution is 2.33. The molecule has 0 saturated carbocycles. The lowest BCUT2D eigenvalue weighted by atomic mass is 9.97. The van der Waals surface area contributed by atoms with Crippen molar-refractivity contribution in [2.75, 3.05) is 31.3 Å². The molecule has 1 fully saturated rings. The molecule has 1 amide bonds. The number of rotatable bonds is 5. The van der Waals surface area contributed by atoms with E-state index in [2.05, 4.69) is 16.3 Å². The van der Waals surface area contributed by atoms with Crippen LogP contribution in [0.5, 0.6) is 11.5 Å². The van der Waals surface area contributed by atoms with E-state index in [0.29, 0.717) is 6.54 Å². The second-order valence-electron chi connectivity index (χ2n) is 7.48. The number of piperidine rings is 1. The number of nitrogens with zero attached hydrogens (tertiary/aromatic N) is 2. The molecule has 0 bridgehead atoms. The van der Waals surface area contributed by atoms with Gasteiger partial charge in [0.25, 0.3) is 0 Å². The average molecular weight is 410 g/mol. The van der Waals surface area contributed by atoms with Crippen LogP contribution in [0.15, 0.2) is 42.5 Å². The number of hydrogen-bond acceptors (Lipinski definition) is 6. The van der Waals surface area contributed by atoms with Crippen molar-refractivity contribution in [1.82, 2.24) is 10.3 Å². The van der Waals surface area contributed by atoms with Crippen LogP contribution in [-0.4, -0.2) is 37.3 Å². The Hall–Kier alpha value is -2.80. The molecular weight excluding hydrogens is 386 g/mol. The molecule has 0 aliphatic carbocycles. The van der Waals surface area contributed by atoms with E-state index < -0.39 is 0 Å². The smallest absolute Gasteiger partial charge is 0.231 e. The molecule has 2 aromatic carbocycles. The van der Waals surface area contributed by atoms with Crippen molar-refractivity contribution in [1.29, 1.82) is 0 Å². The summed E-state index contributed by atoms with van der Waals surface area (Å²) in [6.07, 6.45) is 2.71. The van der Waals surface area contributed by atoms with Gasteiger partial charge >= 0.3 is 0 Å². The topological polar surface area (TPSA) is 63.7 Å². The molecule has 0 radical (unpaired) electrons. The van der Waals surface area contributed by atoms with E-state index in [9.17, 15) is 4.79 Å². The van der Waals surface area contributed by atoms with Crippen LogP contribution >= 0.6 is 11.3 Å². The number of aromatic nitrogens is 1. The lowest BCUT2D eigenvalue weighted by Crippen LogP contribution is -2.43. The monoisotopic (exact) mass is 409 g/mol. The highest BCUT2D eigenvalue weighted by atomic mass is 32.1. The minimum Gasteiger partial charge on any atom is -0.454 e. The zero-order valence-electron chi connectivity index (χ0n) is 16.1. The fourth-order valence-electron chi connectivity index (χ4n) is 3.93. The Morgan fingerprint density at radius 1 is 1.21 bits per heavy atom. The molecule has 7 heteroatoms. The SMILES string of the molecule is O=C(NCCc1ccc2c(c1)OCO2)C1CCCN(c2nc3ccccc3s2)C1. The molecule has 1 saturated heterocycles. The number of anilines is 1. The van der Waals surface area contributed by atoms with Gasteiger partial charge in [-0.1, -0.05) is 29.5 Å². The average Bonchev–Trinajstić information content (AvgIpc) is 3.40. The largest absolute Gasteiger partial charge is 0.454 e. The number of para-hydroxylation sites is 1. The number of hydrogen-bond donors (Lipinski definition) is 1. The first-order valence-corrected chi connectivity index (χ1v) is 10.8. The molecule has 6 nitrogen and oxygen atoms in total. The van der Waals surface area contributed by atoms with Crippen LogP contribution in [0.1, 0.15) is 18.4 Å². The summed E-state index contributed by atoms with van der Waals surface area (Å²) >= 11 is 1.70. The summed E-state index contributed by atoms with van der Waals surface area (Å²) in [4.78, 5) is 19.7. The zero-order chi connectivity index (χ0) is 19.6. The number of thiazole rings is 1. The van der Waals surface area contributed by atoms with Crippen LogP contribution in [0, 0.1) is 5.92 Å². The van der Waals surface area contributed by atoms with Crippen molar-refractivity contribution in [2.45, 2.75) is 19.3 Å². The van der Waals surface area contributed by atoms with Crippen LogP contribution in [-0.2, 0) is 11.2 Å². The van der Waals surface area contributed by atoms with Crippen LogP contribution in [0.4, 0.5) is 5.13 Å². The van der Waals surface area contributed by atoms with Gasteiger partial charge in [-0.25, -0.2) is 4.98 Å². The van der Waals surface area contributed by atoms with Crippen molar-refractivity contribution in [3.63, 3.8) is 0 Å². The van der Waals surface area contributed by atoms with Gasteiger partial charge in [-0.3, -0.25) is 4.79 Å². The van der Waals surface area contributed by atoms with Crippen LogP contribution in [0.2, 0.25) is 0 Å². The molecule has 1 aromatic heterocycles. The summed E-state index contributed by atoms with van der Waals surface area (Å²) in [5.41, 5.74) is 2.16. The zero-order valence-corrected chi connectivity index (χ0v) is 16.9. The number of ether oxygens (including phenoxy) is 2. The maximum Gasteiger partial charge on any atom is 0.231 e. The standard InChI is InChI=1S/C22H23N3O3S/c26-21(23-10-9-15-7-8-18-19(12-15)28-14-27-18)16-4-3-11-25(13-16)22-24-17-5-1-2-6-20(17)29-22/h1-2,5-8,12,16H,3-4,9-11,13-14H2,(H,23,26). The van der Waals surface area contributed by atoms with Crippen molar-refractivity contribution in [3.8, 4) is 11.5 Å². The predicted molar refractivity (Wildman–Crippen MR) is 114 cm³/mol. The third-order valence-electron chi connectivity index (χ3n) is 5.50. The third-order valence-corrected chi connectivity index (χ3v) is 6.59. The molecular formula is C22H23N3O3S. The summed E-state index contributed by atoms with van der Waals surface area (Å²) < 4.78 is 12.0. The maximum atomic E-state index is 12.7. The van der Waals surface area contributed by atoms with Crippen LogP contribution in [0.3, 0.4) is 0 Å². The van der Waals surface area contributed by atoms with Gasteiger partial charge in [0.15, 0.2) is 16.6 Å². The Kier molecular flexibility index (Phi) is 4.97. The Labute approximate surface area is 173 Å². The summed E-state index contributed by atoms with van der Waals surface area (Å²) in [6.45, 7) is 2.59. The van der Waals surface area contributed by atoms with Gasteiger partial charge in [0, 0.05) is 19.6 Å². The minimum atomic E-state index is 0.00696. The second-order valence-corrected chi connectivity index (χ2v) is 8.49. The maximum absolute atomic E-state index is 12.7. The molecule has 5 rings (SSSR count). The van der Waals surface area contributed by atoms with E-state index in [1.54, 1.807) is 11.3 Å². The Morgan fingerprint density at radius 3 is 3.03 bits per heavy atom. The van der Waals surface area contributed by atoms with E-state index in [1.165, 1.54) is 4.70 Å². The minimum absolute atomic E-state index is 0.00696. The Morgan fingerprint density at radius 2 is 2.10 bits per heavy atom. The lowest BCUT2D eigenvalue weighted by Gasteiger charge is -2.31. The number of nitrogens with one attached hydrogen (secondary N) is 1. The van der Waals surface area contributed by atoms with Gasteiger partial charge in [0.2, 0.25) is 12.7 Å². The number of fused-ring (bicyclic) bond motifs is 2. The first-order valence-electron chi connectivity index (χ1n) is 10.0. The molecule has 2 aliphatic rings. The van der Waals surface area contributed by atoms with Crippen LogP contribution < -0.4 is 19.7 Å². The van der Waals surface area contributed by atoms with Gasteiger partial charge in [-0.05, 0) is 49.1 Å². The van der Waals surface area contributed by atoms with Crippen molar-refractivity contribution in [3.05, 3.63) is 48.0 Å². The first-order chi connectivity index (χ1) is 14.3. The molecule has 3 heterocycles. The van der Waals surface area contributed by atoms with E-state index in [1.807, 2.05) is 36.4 Å². The number of benzene rings is 2. The van der Waals surface area contributed by atoms with Gasteiger partial charge in [-0.2, -0.15) is 0 Å². The van der Waals surface area contributed by atoms with Crippen LogP contribution in [0.25, 0.3) is 10.2 Å². The molecule has 0 spiro atoms. The highest BCUT2D eigenvalue weighted by Gasteiger charge is 2.27. The van der Waals surface area contributed by atoms with Gasteiger partial charge in [0.1, 0.15) is 0 Å². The molecule has 150 valence electrons. The summed E-state index contributed by atoms with van der Waals surface area (Å²) in [5, 5.41) is 4.13. The number of carbonyl (C=O) groups is 1. The molecule has 1 unspecified atom stereocenters.